The summed E-state index contributed by atoms with van der Waals surface area (Å²) in [6, 6.07) is -1.74. The van der Waals surface area contributed by atoms with Crippen molar-refractivity contribution in [1.82, 2.24) is 10.6 Å². The van der Waals surface area contributed by atoms with Gasteiger partial charge >= 0.3 is 23.9 Å². The molecule has 0 rings (SSSR count). The molecule has 17 heteroatoms. The van der Waals surface area contributed by atoms with Gasteiger partial charge in [0, 0.05) is 51.4 Å². The number of thiol groups is 2. The molecule has 0 saturated carbocycles. The minimum Gasteiger partial charge on any atom is -0.480 e. The first-order chi connectivity index (χ1) is 53.3. The lowest BCUT2D eigenvalue weighted by Crippen LogP contribution is -2.43. The normalized spacial score (nSPS) is 13.2. The molecule has 0 spiro atoms. The second-order valence-electron chi connectivity index (χ2n) is 27.5. The van der Waals surface area contributed by atoms with E-state index in [1.54, 1.807) is 0 Å². The number of hydrogen-bond donors (Lipinski definition) is 6. The van der Waals surface area contributed by atoms with E-state index in [9.17, 15) is 33.9 Å². The molecule has 0 aromatic heterocycles. The second kappa shape index (κ2) is 91.2. The number of amides is 2. The van der Waals surface area contributed by atoms with Crippen LogP contribution in [0.3, 0.4) is 0 Å². The topological polar surface area (TPSA) is 213 Å². The zero-order valence-electron chi connectivity index (χ0n) is 69.2. The Morgan fingerprint density at radius 2 is 0.596 bits per heavy atom. The molecule has 0 fully saturated rings. The van der Waals surface area contributed by atoms with Crippen LogP contribution >= 0.6 is 25.3 Å². The zero-order chi connectivity index (χ0) is 80.5. The molecule has 624 valence electrons. The van der Waals surface area contributed by atoms with Crippen molar-refractivity contribution in [2.45, 2.75) is 348 Å². The third-order valence-corrected chi connectivity index (χ3v) is 17.8. The van der Waals surface area contributed by atoms with Gasteiger partial charge in [-0.3, -0.25) is 19.2 Å². The van der Waals surface area contributed by atoms with Gasteiger partial charge < -0.3 is 44.5 Å². The van der Waals surface area contributed by atoms with Crippen LogP contribution < -0.4 is 10.6 Å². The molecule has 0 aliphatic carbocycles. The van der Waals surface area contributed by atoms with E-state index >= 15 is 0 Å². The van der Waals surface area contributed by atoms with Crippen molar-refractivity contribution in [3.05, 3.63) is 146 Å². The number of aliphatic hydroxyl groups excluding tert-OH is 1. The van der Waals surface area contributed by atoms with Crippen LogP contribution in [0.1, 0.15) is 324 Å². The van der Waals surface area contributed by atoms with Crippen molar-refractivity contribution in [3.63, 3.8) is 0 Å². The summed E-state index contributed by atoms with van der Waals surface area (Å²) in [5.41, 5.74) is 0. The lowest BCUT2D eigenvalue weighted by atomic mass is 10.0. The van der Waals surface area contributed by atoms with E-state index in [0.29, 0.717) is 32.5 Å². The Hall–Kier alpha value is -5.72. The standard InChI is InChI=1S/C46H77NO6S.C41H70O4.C5H9NO3S/c1-4-6-8-10-12-14-16-18-20-21-22-23-24-25-27-29-31-33-35-37-45(49)53-43(40-52-46(50)44(41-54)47-42(3)48)39-51-38-36-34-32-30-28-26-19-17-15-13-11-9-7-5-2;1-3-5-7-9-11-13-15-17-19-20-21-22-23-24-26-28-30-32-34-36-41(43)45-40(38-42)39-44-37-35-33-31-29-27-25-18-16-14-12-10-8-6-4-2;1-3(7)6-4(2-10)5(8)9/h6,8,12,14,18,20,22-23,25,27,31,33,43-44,54H,4-5,7,9-11,13,15-17,19,21,24,26,28-30,32,34-41H2,1-3H3,(H,47,48);5,7,11,13,17,19,21-22,24,26,30,32,40,42H,3-4,6,8-10,12,14-16,18,20,23,25,27-29,31,33-39H2,1-2H3;4,10H,2H2,1H3,(H,6,7)(H,8,9)/b8-6-,14-12-,20-18-,23-22-,27-25-,33-31-;7-5-,13-11-,19-17-,22-21-,26-24-,32-30-;. The van der Waals surface area contributed by atoms with Crippen LogP contribution in [0.2, 0.25) is 0 Å². The van der Waals surface area contributed by atoms with E-state index in [1.165, 1.54) is 174 Å². The molecule has 2 amide bonds. The van der Waals surface area contributed by atoms with Crippen molar-refractivity contribution >= 4 is 60.9 Å². The van der Waals surface area contributed by atoms with E-state index in [2.05, 4.69) is 191 Å². The van der Waals surface area contributed by atoms with Crippen molar-refractivity contribution in [1.29, 1.82) is 0 Å². The number of nitrogens with one attached hydrogen (secondary N) is 2. The highest BCUT2D eigenvalue weighted by molar-refractivity contribution is 7.80. The number of carboxylic acids is 1. The van der Waals surface area contributed by atoms with Crippen LogP contribution in [0.5, 0.6) is 0 Å². The molecule has 0 heterocycles. The fourth-order valence-corrected chi connectivity index (χ4v) is 11.3. The van der Waals surface area contributed by atoms with Gasteiger partial charge in [-0.05, 0) is 103 Å². The minimum absolute atomic E-state index is 0.102. The Morgan fingerprint density at radius 3 is 0.853 bits per heavy atom. The molecule has 0 radical (unpaired) electrons. The molecule has 0 aliphatic heterocycles. The summed E-state index contributed by atoms with van der Waals surface area (Å²) in [4.78, 5) is 69.2. The van der Waals surface area contributed by atoms with E-state index < -0.39 is 36.2 Å². The van der Waals surface area contributed by atoms with E-state index in [-0.39, 0.29) is 68.1 Å². The van der Waals surface area contributed by atoms with Crippen LogP contribution in [-0.4, -0.2) is 121 Å². The van der Waals surface area contributed by atoms with Crippen LogP contribution in [0, 0.1) is 0 Å². The predicted octanol–water partition coefficient (Wildman–Crippen LogP) is 23.2. The highest BCUT2D eigenvalue weighted by atomic mass is 32.1. The van der Waals surface area contributed by atoms with Crippen molar-refractivity contribution in [3.8, 4) is 0 Å². The summed E-state index contributed by atoms with van der Waals surface area (Å²) >= 11 is 7.87. The van der Waals surface area contributed by atoms with Crippen LogP contribution in [0.4, 0.5) is 0 Å². The van der Waals surface area contributed by atoms with Gasteiger partial charge in [0.25, 0.3) is 0 Å². The van der Waals surface area contributed by atoms with Gasteiger partial charge in [0.1, 0.15) is 24.8 Å². The molecular formula is C92H156N2O13S2. The molecule has 15 nitrogen and oxygen atoms in total. The second-order valence-corrected chi connectivity index (χ2v) is 28.2. The van der Waals surface area contributed by atoms with Gasteiger partial charge in [-0.25, -0.2) is 9.59 Å². The predicted molar refractivity (Wildman–Crippen MR) is 466 cm³/mol. The van der Waals surface area contributed by atoms with Crippen molar-refractivity contribution in [2.75, 3.05) is 51.1 Å². The van der Waals surface area contributed by atoms with Gasteiger partial charge in [0.15, 0.2) is 6.10 Å². The minimum atomic E-state index is -1.06. The number of carbonyl (C=O) groups excluding carboxylic acids is 5. The fourth-order valence-electron chi connectivity index (χ4n) is 10.8. The summed E-state index contributed by atoms with van der Waals surface area (Å²) < 4.78 is 27.9. The number of carboxylic acid groups (broad SMARTS) is 1. The van der Waals surface area contributed by atoms with Crippen LogP contribution in [0.25, 0.3) is 0 Å². The SMILES string of the molecule is CC(=O)NC(CS)C(=O)O.CC/C=C\C/C=C\C/C=C\C/C=C\C/C=C\C/C=C\CCC(=O)OC(CO)COCCCCCCCCCCCCCCCC.CC/C=C\C/C=C\C/C=C\C/C=C\C/C=C\C/C=C\CCC(=O)OC(COCCCCCCCCCCCCCCCC)COC(=O)C(CS)NC(C)=O. The molecule has 0 aliphatic rings. The van der Waals surface area contributed by atoms with Gasteiger partial charge in [-0.2, -0.15) is 25.3 Å². The van der Waals surface area contributed by atoms with Gasteiger partial charge in [-0.15, -0.1) is 0 Å². The summed E-state index contributed by atoms with van der Waals surface area (Å²) in [7, 11) is 0. The molecule has 0 aromatic rings. The first-order valence-corrected chi connectivity index (χ1v) is 43.6. The first kappa shape index (κ1) is 107. The number of ether oxygens (including phenoxy) is 5. The molecular weight excluding hydrogens is 1410 g/mol. The number of carbonyl (C=O) groups is 6. The number of allylic oxidation sites excluding steroid dienone is 24. The Balaban J connectivity index is -0.00000185. The molecule has 4 N–H and O–H groups in total. The maximum absolute atomic E-state index is 12.6. The fraction of sp³-hybridized carbons (Fsp3) is 0.674. The van der Waals surface area contributed by atoms with Crippen molar-refractivity contribution in [2.24, 2.45) is 0 Å². The largest absolute Gasteiger partial charge is 0.480 e. The Morgan fingerprint density at radius 1 is 0.339 bits per heavy atom. The maximum Gasteiger partial charge on any atom is 0.329 e. The van der Waals surface area contributed by atoms with E-state index in [4.69, 9.17) is 28.8 Å². The van der Waals surface area contributed by atoms with Crippen molar-refractivity contribution < 1.29 is 62.7 Å². The van der Waals surface area contributed by atoms with Crippen LogP contribution in [0.15, 0.2) is 146 Å². The van der Waals surface area contributed by atoms with Gasteiger partial charge in [0.2, 0.25) is 11.8 Å². The number of rotatable bonds is 73. The van der Waals surface area contributed by atoms with Gasteiger partial charge in [-0.1, -0.05) is 340 Å². The van der Waals surface area contributed by atoms with E-state index in [0.717, 1.165) is 96.3 Å². The molecule has 4 unspecified atom stereocenters. The zero-order valence-corrected chi connectivity index (χ0v) is 71.0. The summed E-state index contributed by atoms with van der Waals surface area (Å²) in [6.45, 7) is 12.7. The Kier molecular flexibility index (Phi) is 89.9. The Bertz CT molecular complexity index is 2480. The van der Waals surface area contributed by atoms with Gasteiger partial charge in [0.05, 0.1) is 19.8 Å². The monoisotopic (exact) mass is 1560 g/mol. The number of unbranched alkanes of at least 4 members (excludes halogenated alkanes) is 26. The third kappa shape index (κ3) is 89.4. The summed E-state index contributed by atoms with van der Waals surface area (Å²) in [5.74, 6) is -2.84. The quantitative estimate of drug-likeness (QED) is 0.0110. The highest BCUT2D eigenvalue weighted by Gasteiger charge is 2.23. The third-order valence-electron chi connectivity index (χ3n) is 17.0. The lowest BCUT2D eigenvalue weighted by Gasteiger charge is -2.20. The number of hydrogen-bond acceptors (Lipinski definition) is 14. The summed E-state index contributed by atoms with van der Waals surface area (Å²) in [6.07, 6.45) is 101. The molecule has 4 atom stereocenters. The average molecular weight is 1560 g/mol. The highest BCUT2D eigenvalue weighted by Crippen LogP contribution is 2.16. The molecule has 109 heavy (non-hydrogen) atoms. The average Bonchev–Trinajstić information content (AvgIpc) is 0.931. The smallest absolute Gasteiger partial charge is 0.329 e. The van der Waals surface area contributed by atoms with Crippen LogP contribution in [-0.2, 0) is 52.5 Å². The maximum atomic E-state index is 12.6. The number of aliphatic hydroxyl groups is 1. The number of esters is 3. The first-order valence-electron chi connectivity index (χ1n) is 42.4. The molecule has 0 saturated heterocycles. The lowest BCUT2D eigenvalue weighted by molar-refractivity contribution is -0.163. The Labute approximate surface area is 675 Å². The summed E-state index contributed by atoms with van der Waals surface area (Å²) in [5, 5.41) is 22.6. The molecule has 0 aromatic carbocycles. The number of aliphatic carboxylic acids is 1. The van der Waals surface area contributed by atoms with E-state index in [1.807, 2.05) is 18.2 Å². The molecule has 0 bridgehead atoms.